The van der Waals surface area contributed by atoms with Crippen LogP contribution in [0, 0.1) is 5.82 Å². The molecule has 0 N–H and O–H groups in total. The molecule has 0 unspecified atom stereocenters. The molecule has 5 nitrogen and oxygen atoms in total. The van der Waals surface area contributed by atoms with Gasteiger partial charge in [0.1, 0.15) is 22.3 Å². The number of nitrogens with zero attached hydrogens (tertiary/aromatic N) is 2. The molecular formula is C21H19FN2O3. The van der Waals surface area contributed by atoms with Gasteiger partial charge in [0, 0.05) is 14.1 Å². The van der Waals surface area contributed by atoms with Crippen molar-refractivity contribution < 1.29 is 9.13 Å². The summed E-state index contributed by atoms with van der Waals surface area (Å²) in [5.41, 5.74) is 0.788. The zero-order valence-electron chi connectivity index (χ0n) is 15.3. The fourth-order valence-corrected chi connectivity index (χ4v) is 2.74. The van der Waals surface area contributed by atoms with E-state index in [0.717, 1.165) is 5.56 Å². The maximum Gasteiger partial charge on any atom is 0.274 e. The first-order valence-electron chi connectivity index (χ1n) is 8.30. The monoisotopic (exact) mass is 366 g/mol. The number of aromatic nitrogens is 2. The van der Waals surface area contributed by atoms with Crippen LogP contribution in [0.25, 0.3) is 12.2 Å². The highest BCUT2D eigenvalue weighted by Gasteiger charge is 2.06. The minimum Gasteiger partial charge on any atom is -0.497 e. The molecule has 27 heavy (non-hydrogen) atoms. The standard InChI is InChI=1S/C21H19FN2O3/c1-23-18(12-14-4-8-16(22)9-5-14)20(25)24(2)19(21(23)26)13-15-6-10-17(27-3)11-7-15/h4-13H,1-3H3/b18-12-,19-13-. The van der Waals surface area contributed by atoms with Gasteiger partial charge in [-0.05, 0) is 47.5 Å². The molecule has 0 saturated carbocycles. The first kappa shape index (κ1) is 18.4. The molecule has 0 atom stereocenters. The zero-order valence-corrected chi connectivity index (χ0v) is 15.3. The van der Waals surface area contributed by atoms with E-state index >= 15 is 0 Å². The summed E-state index contributed by atoms with van der Waals surface area (Å²) in [4.78, 5) is 25.6. The lowest BCUT2D eigenvalue weighted by Gasteiger charge is -2.05. The summed E-state index contributed by atoms with van der Waals surface area (Å²) in [7, 11) is 4.68. The van der Waals surface area contributed by atoms with Gasteiger partial charge in [0.25, 0.3) is 11.1 Å². The lowest BCUT2D eigenvalue weighted by Crippen LogP contribution is -2.56. The lowest BCUT2D eigenvalue weighted by atomic mass is 10.2. The van der Waals surface area contributed by atoms with Crippen LogP contribution in [-0.2, 0) is 14.1 Å². The molecule has 0 amide bonds. The molecule has 1 aromatic heterocycles. The van der Waals surface area contributed by atoms with Crippen molar-refractivity contribution in [2.45, 2.75) is 0 Å². The van der Waals surface area contributed by atoms with Crippen LogP contribution in [0.2, 0.25) is 0 Å². The van der Waals surface area contributed by atoms with Crippen LogP contribution in [0.3, 0.4) is 0 Å². The topological polar surface area (TPSA) is 53.2 Å². The minimum absolute atomic E-state index is 0.223. The van der Waals surface area contributed by atoms with Gasteiger partial charge in [0.2, 0.25) is 0 Å². The number of benzene rings is 2. The summed E-state index contributed by atoms with van der Waals surface area (Å²) >= 11 is 0. The van der Waals surface area contributed by atoms with Crippen LogP contribution in [0.15, 0.2) is 58.1 Å². The summed E-state index contributed by atoms with van der Waals surface area (Å²) in [5, 5.41) is 0.491. The third-order valence-electron chi connectivity index (χ3n) is 4.36. The van der Waals surface area contributed by atoms with E-state index in [9.17, 15) is 14.0 Å². The van der Waals surface area contributed by atoms with Crippen LogP contribution in [-0.4, -0.2) is 16.2 Å². The number of methoxy groups -OCH3 is 1. The molecule has 0 saturated heterocycles. The highest BCUT2D eigenvalue weighted by Crippen LogP contribution is 2.11. The van der Waals surface area contributed by atoms with E-state index in [2.05, 4.69) is 0 Å². The van der Waals surface area contributed by atoms with Crippen molar-refractivity contribution in [3.8, 4) is 5.75 Å². The van der Waals surface area contributed by atoms with E-state index in [4.69, 9.17) is 4.74 Å². The fourth-order valence-electron chi connectivity index (χ4n) is 2.74. The first-order chi connectivity index (χ1) is 12.9. The molecule has 0 bridgehead atoms. The number of halogens is 1. The minimum atomic E-state index is -0.363. The lowest BCUT2D eigenvalue weighted by molar-refractivity contribution is 0.415. The van der Waals surface area contributed by atoms with E-state index in [-0.39, 0.29) is 27.6 Å². The molecule has 0 aliphatic heterocycles. The Morgan fingerprint density at radius 2 is 1.19 bits per heavy atom. The van der Waals surface area contributed by atoms with Crippen molar-refractivity contribution in [1.29, 1.82) is 0 Å². The van der Waals surface area contributed by atoms with Crippen molar-refractivity contribution in [1.82, 2.24) is 9.13 Å². The number of hydrogen-bond acceptors (Lipinski definition) is 3. The second-order valence-corrected chi connectivity index (χ2v) is 6.11. The van der Waals surface area contributed by atoms with Crippen molar-refractivity contribution in [3.63, 3.8) is 0 Å². The molecular weight excluding hydrogens is 347 g/mol. The molecule has 0 fully saturated rings. The SMILES string of the molecule is COc1ccc(/C=c2/c(=O)n(C)/c(=C\c3ccc(F)cc3)c(=O)n2C)cc1. The first-order valence-corrected chi connectivity index (χ1v) is 8.30. The fraction of sp³-hybridized carbons (Fsp3) is 0.143. The maximum atomic E-state index is 13.1. The van der Waals surface area contributed by atoms with E-state index in [1.807, 2.05) is 0 Å². The highest BCUT2D eigenvalue weighted by atomic mass is 19.1. The molecule has 0 spiro atoms. The van der Waals surface area contributed by atoms with E-state index in [1.165, 1.54) is 21.3 Å². The molecule has 6 heteroatoms. The predicted molar refractivity (Wildman–Crippen MR) is 103 cm³/mol. The van der Waals surface area contributed by atoms with Crippen molar-refractivity contribution >= 4 is 12.2 Å². The van der Waals surface area contributed by atoms with Gasteiger partial charge in [-0.2, -0.15) is 0 Å². The molecule has 138 valence electrons. The Morgan fingerprint density at radius 1 is 0.778 bits per heavy atom. The summed E-state index contributed by atoms with van der Waals surface area (Å²) in [6.45, 7) is 0. The Bertz CT molecular complexity index is 1210. The number of ether oxygens (including phenoxy) is 1. The second kappa shape index (κ2) is 7.45. The second-order valence-electron chi connectivity index (χ2n) is 6.11. The summed E-state index contributed by atoms with van der Waals surface area (Å²) < 4.78 is 20.8. The van der Waals surface area contributed by atoms with Crippen LogP contribution in [0.5, 0.6) is 5.75 Å². The van der Waals surface area contributed by atoms with Gasteiger partial charge >= 0.3 is 0 Å². The van der Waals surface area contributed by atoms with Gasteiger partial charge in [-0.1, -0.05) is 24.3 Å². The summed E-state index contributed by atoms with van der Waals surface area (Å²) in [5.74, 6) is 0.344. The van der Waals surface area contributed by atoms with E-state index in [1.54, 1.807) is 69.8 Å². The van der Waals surface area contributed by atoms with E-state index < -0.39 is 0 Å². The third kappa shape index (κ3) is 3.74. The van der Waals surface area contributed by atoms with Crippen LogP contribution in [0.4, 0.5) is 4.39 Å². The average Bonchev–Trinajstić information content (AvgIpc) is 2.69. The molecule has 0 radical (unpaired) electrons. The summed E-state index contributed by atoms with van der Waals surface area (Å²) in [6.07, 6.45) is 3.23. The Morgan fingerprint density at radius 3 is 1.59 bits per heavy atom. The Hall–Kier alpha value is -3.41. The number of rotatable bonds is 3. The Labute approximate surface area is 154 Å². The molecule has 1 heterocycles. The highest BCUT2D eigenvalue weighted by molar-refractivity contribution is 5.50. The quantitative estimate of drug-likeness (QED) is 0.692. The van der Waals surface area contributed by atoms with Gasteiger partial charge < -0.3 is 13.9 Å². The van der Waals surface area contributed by atoms with Gasteiger partial charge in [-0.25, -0.2) is 4.39 Å². The van der Waals surface area contributed by atoms with Crippen LogP contribution in [0.1, 0.15) is 11.1 Å². The van der Waals surface area contributed by atoms with Gasteiger partial charge in [0.05, 0.1) is 7.11 Å². The predicted octanol–water partition coefficient (Wildman–Crippen LogP) is 0.889. The van der Waals surface area contributed by atoms with Gasteiger partial charge in [0.15, 0.2) is 0 Å². The number of hydrogen-bond donors (Lipinski definition) is 0. The molecule has 2 aromatic carbocycles. The molecule has 3 aromatic rings. The normalized spacial score (nSPS) is 12.4. The Balaban J connectivity index is 2.22. The third-order valence-corrected chi connectivity index (χ3v) is 4.36. The van der Waals surface area contributed by atoms with Crippen molar-refractivity contribution in [3.05, 3.63) is 96.9 Å². The smallest absolute Gasteiger partial charge is 0.274 e. The summed E-state index contributed by atoms with van der Waals surface area (Å²) in [6, 6.07) is 12.9. The van der Waals surface area contributed by atoms with Crippen molar-refractivity contribution in [2.24, 2.45) is 14.1 Å². The zero-order chi connectivity index (χ0) is 19.6. The maximum absolute atomic E-state index is 13.1. The molecule has 0 aliphatic rings. The average molecular weight is 366 g/mol. The molecule has 0 aliphatic carbocycles. The van der Waals surface area contributed by atoms with E-state index in [0.29, 0.717) is 11.3 Å². The molecule has 3 rings (SSSR count). The van der Waals surface area contributed by atoms with Crippen LogP contribution >= 0.6 is 0 Å². The Kier molecular flexibility index (Phi) is 5.07. The largest absolute Gasteiger partial charge is 0.497 e. The van der Waals surface area contributed by atoms with Gasteiger partial charge in [-0.15, -0.1) is 0 Å². The van der Waals surface area contributed by atoms with Crippen LogP contribution < -0.4 is 26.6 Å². The van der Waals surface area contributed by atoms with Gasteiger partial charge in [-0.3, -0.25) is 9.59 Å². The van der Waals surface area contributed by atoms with Crippen molar-refractivity contribution in [2.75, 3.05) is 7.11 Å².